The summed E-state index contributed by atoms with van der Waals surface area (Å²) < 4.78 is 2.09. The number of nitrogens with zero attached hydrogens (tertiary/aromatic N) is 4. The molecule has 0 unspecified atom stereocenters. The van der Waals surface area contributed by atoms with E-state index in [0.717, 1.165) is 18.2 Å². The van der Waals surface area contributed by atoms with Gasteiger partial charge in [-0.05, 0) is 32.6 Å². The first-order chi connectivity index (χ1) is 8.24. The van der Waals surface area contributed by atoms with Crippen LogP contribution >= 0.6 is 0 Å². The monoisotopic (exact) mass is 232 g/mol. The number of piperidine rings is 1. The lowest BCUT2D eigenvalue weighted by molar-refractivity contribution is 0.239. The Morgan fingerprint density at radius 3 is 2.18 bits per heavy atom. The molecule has 0 bridgehead atoms. The average molecular weight is 232 g/mol. The lowest BCUT2D eigenvalue weighted by atomic mass is 10.0. The second-order valence-electron chi connectivity index (χ2n) is 5.21. The first-order valence-corrected chi connectivity index (χ1v) is 6.51. The largest absolute Gasteiger partial charge is 0.317 e. The van der Waals surface area contributed by atoms with Crippen molar-refractivity contribution in [1.82, 2.24) is 19.7 Å². The Kier molecular flexibility index (Phi) is 2.74. The topological polar surface area (TPSA) is 34.0 Å². The van der Waals surface area contributed by atoms with Crippen LogP contribution in [0.2, 0.25) is 0 Å². The van der Waals surface area contributed by atoms with E-state index in [2.05, 4.69) is 19.7 Å². The molecule has 4 nitrogen and oxygen atoms in total. The highest BCUT2D eigenvalue weighted by molar-refractivity contribution is 5.26. The van der Waals surface area contributed by atoms with Crippen molar-refractivity contribution in [3.8, 4) is 0 Å². The van der Waals surface area contributed by atoms with Crippen molar-refractivity contribution in [2.24, 2.45) is 7.05 Å². The predicted molar refractivity (Wildman–Crippen MR) is 66.5 cm³/mol. The maximum atomic E-state index is 4.24. The molecule has 17 heavy (non-hydrogen) atoms. The van der Waals surface area contributed by atoms with Crippen LogP contribution in [-0.4, -0.2) is 32.8 Å². The Morgan fingerprint density at radius 2 is 1.65 bits per heavy atom. The van der Waals surface area contributed by atoms with Crippen LogP contribution in [0.4, 0.5) is 0 Å². The van der Waals surface area contributed by atoms with Crippen molar-refractivity contribution >= 4 is 0 Å². The highest BCUT2D eigenvalue weighted by Crippen LogP contribution is 2.36. The molecule has 1 aliphatic heterocycles. The van der Waals surface area contributed by atoms with Crippen LogP contribution in [0.25, 0.3) is 0 Å². The fourth-order valence-corrected chi connectivity index (χ4v) is 2.54. The average Bonchev–Trinajstić information content (AvgIpc) is 3.14. The summed E-state index contributed by atoms with van der Waals surface area (Å²) in [5.41, 5.74) is 3.49. The fourth-order valence-electron chi connectivity index (χ4n) is 2.54. The second-order valence-corrected chi connectivity index (χ2v) is 5.21. The zero-order chi connectivity index (χ0) is 11.8. The highest BCUT2D eigenvalue weighted by Gasteiger charge is 2.22. The van der Waals surface area contributed by atoms with Gasteiger partial charge in [0.1, 0.15) is 11.6 Å². The molecule has 1 aliphatic carbocycles. The molecule has 92 valence electrons. The molecule has 1 saturated heterocycles. The molecule has 2 aliphatic rings. The summed E-state index contributed by atoms with van der Waals surface area (Å²) >= 11 is 0. The third-order valence-electron chi connectivity index (χ3n) is 4.01. The van der Waals surface area contributed by atoms with Gasteiger partial charge in [0.15, 0.2) is 0 Å². The molecule has 0 amide bonds. The van der Waals surface area contributed by atoms with E-state index in [4.69, 9.17) is 0 Å². The summed E-state index contributed by atoms with van der Waals surface area (Å²) in [5.74, 6) is 2.09. The molecule has 4 heteroatoms. The van der Waals surface area contributed by atoms with E-state index in [0.29, 0.717) is 0 Å². The SMILES string of the molecule is Cc1nnc(CN2CCC(=C3CC3)CC2)n1C. The molecule has 1 aromatic heterocycles. The molecular formula is C13H20N4. The number of hydrogen-bond donors (Lipinski definition) is 0. The summed E-state index contributed by atoms with van der Waals surface area (Å²) in [4.78, 5) is 2.50. The molecule has 2 heterocycles. The van der Waals surface area contributed by atoms with Gasteiger partial charge in [-0.25, -0.2) is 0 Å². The first kappa shape index (κ1) is 11.0. The third-order valence-corrected chi connectivity index (χ3v) is 4.01. The Labute approximate surface area is 102 Å². The van der Waals surface area contributed by atoms with E-state index in [1.54, 1.807) is 11.1 Å². The molecule has 0 spiro atoms. The summed E-state index contributed by atoms with van der Waals surface area (Å²) in [5, 5.41) is 8.35. The number of aromatic nitrogens is 3. The van der Waals surface area contributed by atoms with Crippen LogP contribution in [0, 0.1) is 6.92 Å². The Bertz CT molecular complexity index is 442. The second kappa shape index (κ2) is 4.26. The number of allylic oxidation sites excluding steroid dienone is 1. The van der Waals surface area contributed by atoms with Crippen molar-refractivity contribution in [3.05, 3.63) is 22.8 Å². The Balaban J connectivity index is 1.60. The summed E-state index contributed by atoms with van der Waals surface area (Å²) in [6, 6.07) is 0. The minimum Gasteiger partial charge on any atom is -0.317 e. The number of hydrogen-bond acceptors (Lipinski definition) is 3. The van der Waals surface area contributed by atoms with E-state index in [1.165, 1.54) is 38.8 Å². The van der Waals surface area contributed by atoms with Crippen LogP contribution in [0.5, 0.6) is 0 Å². The van der Waals surface area contributed by atoms with Crippen molar-refractivity contribution in [2.75, 3.05) is 13.1 Å². The van der Waals surface area contributed by atoms with Gasteiger partial charge in [0.05, 0.1) is 6.54 Å². The third kappa shape index (κ3) is 2.27. The van der Waals surface area contributed by atoms with Gasteiger partial charge in [-0.15, -0.1) is 10.2 Å². The normalized spacial score (nSPS) is 21.1. The number of rotatable bonds is 2. The summed E-state index contributed by atoms with van der Waals surface area (Å²) in [6.07, 6.45) is 5.29. The van der Waals surface area contributed by atoms with Crippen molar-refractivity contribution < 1.29 is 0 Å². The van der Waals surface area contributed by atoms with E-state index in [-0.39, 0.29) is 0 Å². The lowest BCUT2D eigenvalue weighted by Gasteiger charge is -2.27. The first-order valence-electron chi connectivity index (χ1n) is 6.51. The zero-order valence-electron chi connectivity index (χ0n) is 10.7. The van der Waals surface area contributed by atoms with Gasteiger partial charge in [0, 0.05) is 20.1 Å². The van der Waals surface area contributed by atoms with Gasteiger partial charge in [-0.1, -0.05) is 11.1 Å². The number of likely N-dealkylation sites (tertiary alicyclic amines) is 1. The minimum atomic E-state index is 0.944. The van der Waals surface area contributed by atoms with Crippen LogP contribution in [0.1, 0.15) is 37.3 Å². The van der Waals surface area contributed by atoms with Crippen molar-refractivity contribution in [1.29, 1.82) is 0 Å². The van der Waals surface area contributed by atoms with Crippen LogP contribution in [0.3, 0.4) is 0 Å². The summed E-state index contributed by atoms with van der Waals surface area (Å²) in [7, 11) is 2.05. The highest BCUT2D eigenvalue weighted by atomic mass is 15.3. The van der Waals surface area contributed by atoms with Gasteiger partial charge in [0.25, 0.3) is 0 Å². The standard InChI is InChI=1S/C13H20N4/c1-10-14-15-13(16(10)2)9-17-7-5-12(6-8-17)11-3-4-11/h3-9H2,1-2H3. The van der Waals surface area contributed by atoms with E-state index in [9.17, 15) is 0 Å². The maximum absolute atomic E-state index is 4.24. The molecule has 2 fully saturated rings. The quantitative estimate of drug-likeness (QED) is 0.729. The zero-order valence-corrected chi connectivity index (χ0v) is 10.7. The molecule has 1 saturated carbocycles. The van der Waals surface area contributed by atoms with Gasteiger partial charge < -0.3 is 4.57 Å². The van der Waals surface area contributed by atoms with Gasteiger partial charge >= 0.3 is 0 Å². The maximum Gasteiger partial charge on any atom is 0.146 e. The molecule has 3 rings (SSSR count). The van der Waals surface area contributed by atoms with Crippen LogP contribution in [0.15, 0.2) is 11.1 Å². The van der Waals surface area contributed by atoms with Crippen molar-refractivity contribution in [2.45, 2.75) is 39.2 Å². The lowest BCUT2D eigenvalue weighted by Crippen LogP contribution is -2.31. The Hall–Kier alpha value is -1.16. The molecular weight excluding hydrogens is 212 g/mol. The molecule has 1 aromatic rings. The number of aryl methyl sites for hydroxylation is 1. The van der Waals surface area contributed by atoms with Crippen LogP contribution < -0.4 is 0 Å². The van der Waals surface area contributed by atoms with Gasteiger partial charge in [0.2, 0.25) is 0 Å². The van der Waals surface area contributed by atoms with E-state index >= 15 is 0 Å². The fraction of sp³-hybridized carbons (Fsp3) is 0.692. The molecule has 0 atom stereocenters. The molecule has 0 aromatic carbocycles. The Morgan fingerprint density at radius 1 is 1.00 bits per heavy atom. The van der Waals surface area contributed by atoms with E-state index in [1.807, 2.05) is 14.0 Å². The molecule has 0 N–H and O–H groups in total. The van der Waals surface area contributed by atoms with E-state index < -0.39 is 0 Å². The minimum absolute atomic E-state index is 0.944. The summed E-state index contributed by atoms with van der Waals surface area (Å²) in [6.45, 7) is 5.32. The van der Waals surface area contributed by atoms with Gasteiger partial charge in [-0.3, -0.25) is 4.90 Å². The van der Waals surface area contributed by atoms with Crippen molar-refractivity contribution in [3.63, 3.8) is 0 Å². The van der Waals surface area contributed by atoms with Gasteiger partial charge in [-0.2, -0.15) is 0 Å². The predicted octanol–water partition coefficient (Wildman–Crippen LogP) is 1.81. The van der Waals surface area contributed by atoms with Crippen LogP contribution in [-0.2, 0) is 13.6 Å². The molecule has 0 radical (unpaired) electrons. The smallest absolute Gasteiger partial charge is 0.146 e.